The van der Waals surface area contributed by atoms with Gasteiger partial charge in [-0.05, 0) is 20.3 Å². The van der Waals surface area contributed by atoms with E-state index in [2.05, 4.69) is 15.3 Å². The Hall–Kier alpha value is -2.18. The molecule has 0 aliphatic carbocycles. The van der Waals surface area contributed by atoms with Crippen LogP contribution in [-0.4, -0.2) is 24.5 Å². The molecule has 7 heteroatoms. The zero-order valence-corrected chi connectivity index (χ0v) is 10.7. The van der Waals surface area contributed by atoms with Crippen molar-refractivity contribution in [3.8, 4) is 5.69 Å². The molecule has 2 aromatic heterocycles. The molecule has 2 heterocycles. The van der Waals surface area contributed by atoms with Crippen LogP contribution in [-0.2, 0) is 6.42 Å². The summed E-state index contributed by atoms with van der Waals surface area (Å²) in [5.74, 6) is 0.157. The van der Waals surface area contributed by atoms with Crippen molar-refractivity contribution < 1.29 is 0 Å². The van der Waals surface area contributed by atoms with E-state index in [1.54, 1.807) is 17.1 Å². The van der Waals surface area contributed by atoms with Gasteiger partial charge in [0.05, 0.1) is 11.9 Å². The molecule has 0 radical (unpaired) electrons. The molecule has 96 valence electrons. The van der Waals surface area contributed by atoms with Gasteiger partial charge in [0.2, 0.25) is 0 Å². The third-order valence-corrected chi connectivity index (χ3v) is 2.67. The minimum atomic E-state index is -0.359. The standard InChI is InChI=1S/C11H16N6O/c1-4-8-5-17(15-14-8)9-6-16(7(2)3)11(18)13-10(9)12/h5-7H,4H2,1-3H3,(H2,12,13,18). The van der Waals surface area contributed by atoms with E-state index >= 15 is 0 Å². The second kappa shape index (κ2) is 4.59. The summed E-state index contributed by atoms with van der Waals surface area (Å²) in [5.41, 5.74) is 6.82. The maximum absolute atomic E-state index is 11.7. The first-order valence-electron chi connectivity index (χ1n) is 5.83. The molecule has 0 fully saturated rings. The molecule has 0 bridgehead atoms. The van der Waals surface area contributed by atoms with Crippen molar-refractivity contribution in [3.05, 3.63) is 28.6 Å². The van der Waals surface area contributed by atoms with E-state index in [9.17, 15) is 4.79 Å². The van der Waals surface area contributed by atoms with Crippen LogP contribution >= 0.6 is 0 Å². The average Bonchev–Trinajstić information content (AvgIpc) is 2.77. The van der Waals surface area contributed by atoms with E-state index < -0.39 is 0 Å². The van der Waals surface area contributed by atoms with Crippen molar-refractivity contribution in [1.29, 1.82) is 0 Å². The minimum Gasteiger partial charge on any atom is -0.382 e. The Kier molecular flexibility index (Phi) is 3.14. The average molecular weight is 248 g/mol. The number of hydrogen-bond donors (Lipinski definition) is 1. The van der Waals surface area contributed by atoms with Crippen LogP contribution in [0.1, 0.15) is 32.5 Å². The summed E-state index contributed by atoms with van der Waals surface area (Å²) in [6.45, 7) is 5.80. The van der Waals surface area contributed by atoms with Crippen molar-refractivity contribution in [2.75, 3.05) is 5.73 Å². The predicted octanol–water partition coefficient (Wildman–Crippen LogP) is 0.549. The van der Waals surface area contributed by atoms with E-state index in [-0.39, 0.29) is 17.5 Å². The SMILES string of the molecule is CCc1cn(-c2cn(C(C)C)c(=O)nc2N)nn1. The van der Waals surface area contributed by atoms with Gasteiger partial charge in [0.25, 0.3) is 0 Å². The molecule has 2 rings (SSSR count). The predicted molar refractivity (Wildman–Crippen MR) is 67.6 cm³/mol. The molecule has 0 aliphatic heterocycles. The van der Waals surface area contributed by atoms with Gasteiger partial charge in [-0.15, -0.1) is 5.10 Å². The Labute approximate surface area is 104 Å². The normalized spacial score (nSPS) is 11.1. The highest BCUT2D eigenvalue weighted by Gasteiger charge is 2.11. The summed E-state index contributed by atoms with van der Waals surface area (Å²) in [6, 6.07) is 0.0125. The lowest BCUT2D eigenvalue weighted by molar-refractivity contribution is 0.560. The Morgan fingerprint density at radius 3 is 2.67 bits per heavy atom. The second-order valence-corrected chi connectivity index (χ2v) is 4.30. The summed E-state index contributed by atoms with van der Waals surface area (Å²) in [7, 11) is 0. The van der Waals surface area contributed by atoms with Gasteiger partial charge in [-0.3, -0.25) is 4.57 Å². The largest absolute Gasteiger partial charge is 0.382 e. The molecule has 0 aromatic carbocycles. The maximum atomic E-state index is 11.7. The zero-order valence-electron chi connectivity index (χ0n) is 10.7. The van der Waals surface area contributed by atoms with Crippen LogP contribution in [0.5, 0.6) is 0 Å². The van der Waals surface area contributed by atoms with Crippen LogP contribution in [0.15, 0.2) is 17.2 Å². The second-order valence-electron chi connectivity index (χ2n) is 4.30. The number of nitrogens with zero attached hydrogens (tertiary/aromatic N) is 5. The lowest BCUT2D eigenvalue weighted by atomic mass is 10.3. The first-order chi connectivity index (χ1) is 8.52. The minimum absolute atomic E-state index is 0.0125. The van der Waals surface area contributed by atoms with Crippen molar-refractivity contribution in [1.82, 2.24) is 24.5 Å². The van der Waals surface area contributed by atoms with E-state index in [1.165, 1.54) is 4.57 Å². The molecule has 0 unspecified atom stereocenters. The highest BCUT2D eigenvalue weighted by Crippen LogP contribution is 2.13. The molecule has 0 atom stereocenters. The topological polar surface area (TPSA) is 91.6 Å². The van der Waals surface area contributed by atoms with Crippen LogP contribution in [0.4, 0.5) is 5.82 Å². The summed E-state index contributed by atoms with van der Waals surface area (Å²) >= 11 is 0. The smallest absolute Gasteiger partial charge is 0.349 e. The Morgan fingerprint density at radius 2 is 2.11 bits per heavy atom. The molecule has 0 amide bonds. The Bertz CT molecular complexity index is 612. The van der Waals surface area contributed by atoms with E-state index in [0.717, 1.165) is 12.1 Å². The van der Waals surface area contributed by atoms with Crippen LogP contribution in [0.3, 0.4) is 0 Å². The number of aryl methyl sites for hydroxylation is 1. The van der Waals surface area contributed by atoms with Crippen LogP contribution in [0, 0.1) is 0 Å². The zero-order chi connectivity index (χ0) is 13.3. The number of nitrogen functional groups attached to an aromatic ring is 1. The first kappa shape index (κ1) is 12.3. The van der Waals surface area contributed by atoms with Gasteiger partial charge in [-0.25, -0.2) is 9.48 Å². The van der Waals surface area contributed by atoms with Gasteiger partial charge in [-0.1, -0.05) is 12.1 Å². The van der Waals surface area contributed by atoms with E-state index in [0.29, 0.717) is 5.69 Å². The number of hydrogen-bond acceptors (Lipinski definition) is 5. The number of aromatic nitrogens is 5. The fraction of sp³-hybridized carbons (Fsp3) is 0.455. The van der Waals surface area contributed by atoms with Crippen molar-refractivity contribution >= 4 is 5.82 Å². The molecule has 0 spiro atoms. The molecular formula is C11H16N6O. The van der Waals surface area contributed by atoms with Gasteiger partial charge in [0, 0.05) is 12.2 Å². The Balaban J connectivity index is 2.56. The summed E-state index contributed by atoms with van der Waals surface area (Å²) in [5, 5.41) is 7.97. The molecule has 2 aromatic rings. The van der Waals surface area contributed by atoms with Gasteiger partial charge >= 0.3 is 5.69 Å². The molecule has 0 saturated heterocycles. The summed E-state index contributed by atoms with van der Waals surface area (Å²) in [4.78, 5) is 15.5. The van der Waals surface area contributed by atoms with Crippen molar-refractivity contribution in [3.63, 3.8) is 0 Å². The van der Waals surface area contributed by atoms with Gasteiger partial charge < -0.3 is 5.73 Å². The van der Waals surface area contributed by atoms with Crippen LogP contribution < -0.4 is 11.4 Å². The van der Waals surface area contributed by atoms with Crippen LogP contribution in [0.2, 0.25) is 0 Å². The maximum Gasteiger partial charge on any atom is 0.349 e. The molecule has 0 aliphatic rings. The lowest BCUT2D eigenvalue weighted by Crippen LogP contribution is -2.26. The Morgan fingerprint density at radius 1 is 1.39 bits per heavy atom. The quantitative estimate of drug-likeness (QED) is 0.856. The summed E-state index contributed by atoms with van der Waals surface area (Å²) < 4.78 is 3.05. The van der Waals surface area contributed by atoms with Gasteiger partial charge in [0.1, 0.15) is 5.69 Å². The van der Waals surface area contributed by atoms with E-state index in [1.807, 2.05) is 20.8 Å². The first-order valence-corrected chi connectivity index (χ1v) is 5.83. The summed E-state index contributed by atoms with van der Waals surface area (Å²) in [6.07, 6.45) is 4.23. The molecular weight excluding hydrogens is 232 g/mol. The monoisotopic (exact) mass is 248 g/mol. The highest BCUT2D eigenvalue weighted by atomic mass is 16.1. The third-order valence-electron chi connectivity index (χ3n) is 2.67. The number of rotatable bonds is 3. The molecule has 7 nitrogen and oxygen atoms in total. The third kappa shape index (κ3) is 2.11. The van der Waals surface area contributed by atoms with Crippen molar-refractivity contribution in [2.24, 2.45) is 0 Å². The van der Waals surface area contributed by atoms with Gasteiger partial charge in [0.15, 0.2) is 5.82 Å². The number of anilines is 1. The number of nitrogens with two attached hydrogens (primary N) is 1. The fourth-order valence-electron chi connectivity index (χ4n) is 1.60. The van der Waals surface area contributed by atoms with Crippen LogP contribution in [0.25, 0.3) is 5.69 Å². The lowest BCUT2D eigenvalue weighted by Gasteiger charge is -2.11. The van der Waals surface area contributed by atoms with Crippen molar-refractivity contribution in [2.45, 2.75) is 33.2 Å². The molecule has 0 saturated carbocycles. The van der Waals surface area contributed by atoms with Gasteiger partial charge in [-0.2, -0.15) is 4.98 Å². The van der Waals surface area contributed by atoms with E-state index in [4.69, 9.17) is 5.73 Å². The highest BCUT2D eigenvalue weighted by molar-refractivity contribution is 5.49. The molecule has 2 N–H and O–H groups in total. The molecule has 18 heavy (non-hydrogen) atoms. The fourth-order valence-corrected chi connectivity index (χ4v) is 1.60.